The van der Waals surface area contributed by atoms with Gasteiger partial charge in [-0.1, -0.05) is 73.6 Å². The van der Waals surface area contributed by atoms with Crippen LogP contribution in [-0.4, -0.2) is 57.2 Å². The quantitative estimate of drug-likeness (QED) is 0.454. The molecule has 2 aliphatic heterocycles. The molecule has 2 saturated heterocycles. The lowest BCUT2D eigenvalue weighted by Crippen LogP contribution is -2.65. The molecule has 3 atom stereocenters. The Bertz CT molecular complexity index is 1270. The van der Waals surface area contributed by atoms with E-state index < -0.39 is 47.2 Å². The zero-order valence-electron chi connectivity index (χ0n) is 24.5. The van der Waals surface area contributed by atoms with Gasteiger partial charge in [0.15, 0.2) is 0 Å². The Morgan fingerprint density at radius 2 is 1.52 bits per heavy atom. The molecule has 10 nitrogen and oxygen atoms in total. The molecule has 1 N–H and O–H groups in total. The van der Waals surface area contributed by atoms with Gasteiger partial charge in [0.1, 0.15) is 18.0 Å². The van der Waals surface area contributed by atoms with Crippen molar-refractivity contribution in [1.29, 1.82) is 0 Å². The fraction of sp³-hybridized carbons (Fsp3) is 0.571. The summed E-state index contributed by atoms with van der Waals surface area (Å²) < 4.78 is 28.0. The van der Waals surface area contributed by atoms with Crippen molar-refractivity contribution in [2.45, 2.75) is 96.0 Å². The highest BCUT2D eigenvalue weighted by Gasteiger charge is 2.61. The number of benzene rings is 1. The largest absolute Gasteiger partial charge is 0.414 e. The number of nitrogens with zero attached hydrogens (tertiary/aromatic N) is 2. The van der Waals surface area contributed by atoms with Crippen LogP contribution in [0.3, 0.4) is 0 Å². The standard InChI is InChI=1S/C28H41N3O7Si2/c1-17(2)39(18(3)4)35-16-22-25(37-40(38-39,19(5)6)20(7)8)24(32)27(36-22)31-15-14-23(30-28(31)34)29-26(33)21-12-10-9-11-13-21/h9-15,17-20,22,25,27H,16H2,1-8H3,(H,29,30,33,34)/t22-,25?,27-/m1/s1. The highest BCUT2D eigenvalue weighted by atomic mass is 28.5. The number of hydrogen-bond donors (Lipinski definition) is 1. The van der Waals surface area contributed by atoms with E-state index in [4.69, 9.17) is 17.7 Å². The summed E-state index contributed by atoms with van der Waals surface area (Å²) in [5.41, 5.74) is 0.0976. The number of hydrogen-bond acceptors (Lipinski definition) is 8. The molecule has 1 unspecified atom stereocenters. The number of ether oxygens (including phenoxy) is 1. The second kappa shape index (κ2) is 11.8. The lowest BCUT2D eigenvalue weighted by atomic mass is 10.1. The SMILES string of the molecule is CC(C)[Si]1(C(C)C)OC[C@H]2O[C@@H](n3ccc(NC(=O)c4ccccc4)nc3=O)C(=O)C2O[Si](C(C)C)(C(C)C)O1. The summed E-state index contributed by atoms with van der Waals surface area (Å²) >= 11 is 0. The maximum absolute atomic E-state index is 13.8. The third kappa shape index (κ3) is 5.52. The zero-order valence-corrected chi connectivity index (χ0v) is 26.5. The molecule has 40 heavy (non-hydrogen) atoms. The molecule has 0 saturated carbocycles. The van der Waals surface area contributed by atoms with Crippen LogP contribution >= 0.6 is 0 Å². The van der Waals surface area contributed by atoms with Crippen LogP contribution in [0.2, 0.25) is 22.2 Å². The molecular weight excluding hydrogens is 546 g/mol. The van der Waals surface area contributed by atoms with Crippen LogP contribution < -0.4 is 11.0 Å². The van der Waals surface area contributed by atoms with Gasteiger partial charge in [-0.2, -0.15) is 4.98 Å². The predicted molar refractivity (Wildman–Crippen MR) is 156 cm³/mol. The summed E-state index contributed by atoms with van der Waals surface area (Å²) in [7, 11) is -5.83. The molecule has 2 aliphatic rings. The summed E-state index contributed by atoms with van der Waals surface area (Å²) in [6.07, 6.45) is -1.45. The highest BCUT2D eigenvalue weighted by molar-refractivity contribution is 6.84. The second-order valence-corrected chi connectivity index (χ2v) is 20.6. The molecule has 0 aliphatic carbocycles. The van der Waals surface area contributed by atoms with Gasteiger partial charge in [0.05, 0.1) is 6.61 Å². The monoisotopic (exact) mass is 587 g/mol. The van der Waals surface area contributed by atoms with Crippen molar-refractivity contribution in [1.82, 2.24) is 9.55 Å². The van der Waals surface area contributed by atoms with Gasteiger partial charge in [-0.05, 0) is 40.4 Å². The molecule has 4 rings (SSSR count). The number of carbonyl (C=O) groups is 2. The number of ketones is 1. The molecule has 0 spiro atoms. The zero-order chi connectivity index (χ0) is 29.4. The van der Waals surface area contributed by atoms with Gasteiger partial charge in [-0.15, -0.1) is 0 Å². The number of amides is 1. The van der Waals surface area contributed by atoms with Crippen LogP contribution in [0.25, 0.3) is 0 Å². The van der Waals surface area contributed by atoms with Crippen molar-refractivity contribution in [3.63, 3.8) is 0 Å². The number of nitrogens with one attached hydrogen (secondary N) is 1. The number of aromatic nitrogens is 2. The summed E-state index contributed by atoms with van der Waals surface area (Å²) in [6, 6.07) is 10.1. The van der Waals surface area contributed by atoms with Gasteiger partial charge in [-0.3, -0.25) is 14.2 Å². The predicted octanol–water partition coefficient (Wildman–Crippen LogP) is 4.92. The average molecular weight is 588 g/mol. The van der Waals surface area contributed by atoms with E-state index in [-0.39, 0.29) is 40.4 Å². The fourth-order valence-electron chi connectivity index (χ4n) is 5.65. The van der Waals surface area contributed by atoms with Gasteiger partial charge >= 0.3 is 22.8 Å². The first kappa shape index (κ1) is 30.5. The van der Waals surface area contributed by atoms with Crippen molar-refractivity contribution in [2.24, 2.45) is 0 Å². The maximum atomic E-state index is 13.8. The van der Waals surface area contributed by atoms with Crippen LogP contribution in [0.1, 0.15) is 72.0 Å². The van der Waals surface area contributed by atoms with Crippen LogP contribution in [0, 0.1) is 0 Å². The molecule has 2 fully saturated rings. The van der Waals surface area contributed by atoms with Gasteiger partial charge < -0.3 is 23.0 Å². The summed E-state index contributed by atoms with van der Waals surface area (Å²) in [6.45, 7) is 16.9. The van der Waals surface area contributed by atoms with Crippen LogP contribution in [0.5, 0.6) is 0 Å². The van der Waals surface area contributed by atoms with Crippen molar-refractivity contribution in [3.05, 3.63) is 58.6 Å². The molecule has 1 amide bonds. The third-order valence-electron chi connectivity index (χ3n) is 7.85. The van der Waals surface area contributed by atoms with E-state index in [1.54, 1.807) is 30.3 Å². The molecule has 2 aromatic rings. The average Bonchev–Trinajstić information content (AvgIpc) is 3.18. The topological polar surface area (TPSA) is 118 Å². The van der Waals surface area contributed by atoms with E-state index in [9.17, 15) is 14.4 Å². The first-order valence-corrected chi connectivity index (χ1v) is 17.9. The van der Waals surface area contributed by atoms with E-state index >= 15 is 0 Å². The van der Waals surface area contributed by atoms with Crippen LogP contribution in [-0.2, 0) is 22.5 Å². The lowest BCUT2D eigenvalue weighted by Gasteiger charge is -2.50. The van der Waals surface area contributed by atoms with Crippen molar-refractivity contribution >= 4 is 34.6 Å². The Balaban J connectivity index is 1.65. The molecule has 218 valence electrons. The number of carbonyl (C=O) groups excluding carboxylic acids is 2. The number of anilines is 1. The fourth-order valence-corrected chi connectivity index (χ4v) is 16.8. The minimum atomic E-state index is -3.03. The van der Waals surface area contributed by atoms with Crippen LogP contribution in [0.4, 0.5) is 5.82 Å². The van der Waals surface area contributed by atoms with E-state index in [0.29, 0.717) is 5.56 Å². The molecule has 3 heterocycles. The van der Waals surface area contributed by atoms with Gasteiger partial charge in [-0.25, -0.2) is 4.79 Å². The molecule has 12 heteroatoms. The highest BCUT2D eigenvalue weighted by Crippen LogP contribution is 2.47. The van der Waals surface area contributed by atoms with Gasteiger partial charge in [0.25, 0.3) is 5.91 Å². The van der Waals surface area contributed by atoms with Crippen LogP contribution in [0.15, 0.2) is 47.4 Å². The summed E-state index contributed by atoms with van der Waals surface area (Å²) in [4.78, 5) is 43.3. The number of Topliss-reactive ketones (excluding diaryl/α,β-unsaturated/α-hetero) is 1. The van der Waals surface area contributed by atoms with Gasteiger partial charge in [0, 0.05) is 11.8 Å². The Hall–Kier alpha value is -2.49. The van der Waals surface area contributed by atoms with Gasteiger partial charge in [0.2, 0.25) is 12.0 Å². The first-order valence-electron chi connectivity index (χ1n) is 14.0. The lowest BCUT2D eigenvalue weighted by molar-refractivity contribution is -0.130. The van der Waals surface area contributed by atoms with Crippen molar-refractivity contribution < 1.29 is 27.3 Å². The Morgan fingerprint density at radius 1 is 0.925 bits per heavy atom. The summed E-state index contributed by atoms with van der Waals surface area (Å²) in [5.74, 6) is -0.687. The van der Waals surface area contributed by atoms with E-state index in [0.717, 1.165) is 4.57 Å². The Kier molecular flexibility index (Phi) is 8.98. The normalized spacial score (nSPS) is 24.3. The van der Waals surface area contributed by atoms with E-state index in [2.05, 4.69) is 65.7 Å². The molecule has 0 bridgehead atoms. The molecule has 1 aromatic carbocycles. The van der Waals surface area contributed by atoms with E-state index in [1.807, 2.05) is 0 Å². The number of fused-ring (bicyclic) bond motifs is 1. The van der Waals surface area contributed by atoms with E-state index in [1.165, 1.54) is 12.3 Å². The molecule has 0 radical (unpaired) electrons. The Morgan fingerprint density at radius 3 is 2.08 bits per heavy atom. The minimum absolute atomic E-state index is 0.0444. The molecular formula is C28H41N3O7Si2. The number of rotatable bonds is 7. The van der Waals surface area contributed by atoms with Crippen molar-refractivity contribution in [2.75, 3.05) is 11.9 Å². The smallest absolute Gasteiger partial charge is 0.352 e. The van der Waals surface area contributed by atoms with Crippen molar-refractivity contribution in [3.8, 4) is 0 Å². The summed E-state index contributed by atoms with van der Waals surface area (Å²) in [5, 5.41) is 2.62. The Labute approximate surface area is 237 Å². The third-order valence-corrected chi connectivity index (χ3v) is 18.1. The minimum Gasteiger partial charge on any atom is -0.414 e. The molecule has 1 aromatic heterocycles. The first-order chi connectivity index (χ1) is 18.8. The second-order valence-electron chi connectivity index (χ2n) is 11.8. The maximum Gasteiger partial charge on any atom is 0.352 e.